The van der Waals surface area contributed by atoms with Crippen molar-refractivity contribution in [3.05, 3.63) is 28.2 Å². The first-order valence-electron chi connectivity index (χ1n) is 5.98. The second kappa shape index (κ2) is 6.45. The van der Waals surface area contributed by atoms with E-state index in [4.69, 9.17) is 0 Å². The van der Waals surface area contributed by atoms with Gasteiger partial charge in [-0.25, -0.2) is 0 Å². The Bertz CT molecular complexity index is 386. The van der Waals surface area contributed by atoms with Gasteiger partial charge in [0.25, 0.3) is 0 Å². The van der Waals surface area contributed by atoms with Gasteiger partial charge in [-0.05, 0) is 24.1 Å². The van der Waals surface area contributed by atoms with Crippen LogP contribution in [0.1, 0.15) is 32.3 Å². The lowest BCUT2D eigenvalue weighted by molar-refractivity contribution is -0.137. The number of alkyl halides is 3. The van der Waals surface area contributed by atoms with Gasteiger partial charge in [-0.3, -0.25) is 0 Å². The quantitative estimate of drug-likeness (QED) is 0.773. The Morgan fingerprint density at radius 1 is 1.17 bits per heavy atom. The summed E-state index contributed by atoms with van der Waals surface area (Å²) in [5.74, 6) is 0.485. The van der Waals surface area contributed by atoms with Gasteiger partial charge in [0.1, 0.15) is 0 Å². The van der Waals surface area contributed by atoms with Crippen molar-refractivity contribution in [1.29, 1.82) is 0 Å². The van der Waals surface area contributed by atoms with Crippen LogP contribution in [-0.4, -0.2) is 6.54 Å². The molecule has 0 radical (unpaired) electrons. The molecule has 0 saturated carbocycles. The van der Waals surface area contributed by atoms with Crippen molar-refractivity contribution in [2.24, 2.45) is 5.92 Å². The average Bonchev–Trinajstić information content (AvgIpc) is 2.28. The molecule has 102 valence electrons. The molecule has 0 aliphatic heterocycles. The van der Waals surface area contributed by atoms with E-state index in [9.17, 15) is 13.2 Å². The molecule has 0 amide bonds. The van der Waals surface area contributed by atoms with E-state index in [0.717, 1.165) is 25.0 Å². The fraction of sp³-hybridized carbons (Fsp3) is 0.538. The molecule has 0 fully saturated rings. The number of nitrogens with one attached hydrogen (secondary N) is 1. The molecule has 0 aliphatic carbocycles. The maximum absolute atomic E-state index is 12.6. The van der Waals surface area contributed by atoms with Gasteiger partial charge >= 0.3 is 6.18 Å². The summed E-state index contributed by atoms with van der Waals surface area (Å²) < 4.78 is 38.3. The van der Waals surface area contributed by atoms with E-state index in [1.165, 1.54) is 0 Å². The number of anilines is 1. The minimum absolute atomic E-state index is 0.435. The highest BCUT2D eigenvalue weighted by Gasteiger charge is 2.31. The third-order valence-electron chi connectivity index (χ3n) is 2.97. The zero-order valence-corrected chi connectivity index (χ0v) is 12.0. The van der Waals surface area contributed by atoms with Crippen molar-refractivity contribution in [3.8, 4) is 0 Å². The van der Waals surface area contributed by atoms with Gasteiger partial charge in [0.05, 0.1) is 5.56 Å². The van der Waals surface area contributed by atoms with Crippen molar-refractivity contribution in [2.45, 2.75) is 32.9 Å². The summed E-state index contributed by atoms with van der Waals surface area (Å²) in [4.78, 5) is 0. The van der Waals surface area contributed by atoms with Gasteiger partial charge in [-0.15, -0.1) is 0 Å². The van der Waals surface area contributed by atoms with Crippen molar-refractivity contribution in [2.75, 3.05) is 11.9 Å². The Balaban J connectivity index is 2.81. The molecule has 0 spiro atoms. The zero-order valence-electron chi connectivity index (χ0n) is 10.4. The largest absolute Gasteiger partial charge is 0.416 e. The van der Waals surface area contributed by atoms with Crippen LogP contribution in [0.3, 0.4) is 0 Å². The lowest BCUT2D eigenvalue weighted by Crippen LogP contribution is -2.13. The highest BCUT2D eigenvalue weighted by molar-refractivity contribution is 9.10. The first kappa shape index (κ1) is 15.3. The van der Waals surface area contributed by atoms with Gasteiger partial charge in [-0.1, -0.05) is 42.6 Å². The molecule has 1 aromatic rings. The normalized spacial score (nSPS) is 11.9. The number of rotatable bonds is 5. The minimum atomic E-state index is -4.31. The van der Waals surface area contributed by atoms with Gasteiger partial charge in [0.2, 0.25) is 0 Å². The molecule has 0 heterocycles. The maximum atomic E-state index is 12.6. The van der Waals surface area contributed by atoms with Gasteiger partial charge in [0.15, 0.2) is 0 Å². The van der Waals surface area contributed by atoms with E-state index in [2.05, 4.69) is 35.1 Å². The van der Waals surface area contributed by atoms with E-state index >= 15 is 0 Å². The maximum Gasteiger partial charge on any atom is 0.416 e. The van der Waals surface area contributed by atoms with E-state index in [-0.39, 0.29) is 0 Å². The highest BCUT2D eigenvalue weighted by Crippen LogP contribution is 2.33. The predicted molar refractivity (Wildman–Crippen MR) is 71.7 cm³/mol. The zero-order chi connectivity index (χ0) is 13.8. The number of benzene rings is 1. The van der Waals surface area contributed by atoms with E-state index in [1.54, 1.807) is 6.07 Å². The second-order valence-corrected chi connectivity index (χ2v) is 5.21. The second-order valence-electron chi connectivity index (χ2n) is 4.29. The van der Waals surface area contributed by atoms with Gasteiger partial charge in [-0.2, -0.15) is 13.2 Å². The van der Waals surface area contributed by atoms with Crippen LogP contribution in [0, 0.1) is 5.92 Å². The third kappa shape index (κ3) is 4.52. The Kier molecular flexibility index (Phi) is 5.50. The van der Waals surface area contributed by atoms with Crippen LogP contribution in [0.5, 0.6) is 0 Å². The summed E-state index contributed by atoms with van der Waals surface area (Å²) in [5.41, 5.74) is -0.132. The molecule has 0 bridgehead atoms. The van der Waals surface area contributed by atoms with Crippen LogP contribution < -0.4 is 5.32 Å². The fourth-order valence-electron chi connectivity index (χ4n) is 1.69. The lowest BCUT2D eigenvalue weighted by Gasteiger charge is -2.16. The topological polar surface area (TPSA) is 12.0 Å². The summed E-state index contributed by atoms with van der Waals surface area (Å²) in [6.07, 6.45) is -2.28. The molecule has 1 nitrogen and oxygen atoms in total. The molecule has 0 aromatic heterocycles. The summed E-state index contributed by atoms with van der Waals surface area (Å²) in [7, 11) is 0. The lowest BCUT2D eigenvalue weighted by atomic mass is 10.0. The molecule has 5 heteroatoms. The van der Waals surface area contributed by atoms with Gasteiger partial charge in [0, 0.05) is 16.7 Å². The molecule has 0 unspecified atom stereocenters. The van der Waals surface area contributed by atoms with Crippen LogP contribution in [-0.2, 0) is 6.18 Å². The highest BCUT2D eigenvalue weighted by atomic mass is 79.9. The van der Waals surface area contributed by atoms with Crippen LogP contribution in [0.25, 0.3) is 0 Å². The Labute approximate surface area is 114 Å². The van der Waals surface area contributed by atoms with Gasteiger partial charge < -0.3 is 5.32 Å². The Morgan fingerprint density at radius 2 is 1.78 bits per heavy atom. The Morgan fingerprint density at radius 3 is 2.28 bits per heavy atom. The summed E-state index contributed by atoms with van der Waals surface area (Å²) in [6, 6.07) is 3.90. The molecule has 0 atom stereocenters. The monoisotopic (exact) mass is 323 g/mol. The molecule has 1 rings (SSSR count). The molecule has 0 aliphatic rings. The van der Waals surface area contributed by atoms with Crippen molar-refractivity contribution in [3.63, 3.8) is 0 Å². The van der Waals surface area contributed by atoms with Crippen LogP contribution in [0.15, 0.2) is 22.7 Å². The van der Waals surface area contributed by atoms with Crippen LogP contribution in [0.2, 0.25) is 0 Å². The van der Waals surface area contributed by atoms with Crippen molar-refractivity contribution >= 4 is 21.6 Å². The smallest absolute Gasteiger partial charge is 0.385 e. The minimum Gasteiger partial charge on any atom is -0.385 e. The molecule has 0 saturated heterocycles. The SMILES string of the molecule is CCC(CC)CNc1cc(Br)cc(C(F)(F)F)c1. The Hall–Kier alpha value is -0.710. The van der Waals surface area contributed by atoms with Crippen molar-refractivity contribution in [1.82, 2.24) is 0 Å². The first-order chi connectivity index (χ1) is 8.36. The number of hydrogen-bond acceptors (Lipinski definition) is 1. The summed E-state index contributed by atoms with van der Waals surface area (Å²) in [5, 5.41) is 3.07. The van der Waals surface area contributed by atoms with E-state index in [0.29, 0.717) is 22.6 Å². The van der Waals surface area contributed by atoms with Crippen molar-refractivity contribution < 1.29 is 13.2 Å². The molecule has 18 heavy (non-hydrogen) atoms. The predicted octanol–water partition coefficient (Wildman–Crippen LogP) is 5.32. The molecule has 1 N–H and O–H groups in total. The molecular weight excluding hydrogens is 307 g/mol. The number of hydrogen-bond donors (Lipinski definition) is 1. The van der Waals surface area contributed by atoms with Crippen LogP contribution >= 0.6 is 15.9 Å². The fourth-order valence-corrected chi connectivity index (χ4v) is 2.19. The van der Waals surface area contributed by atoms with E-state index in [1.807, 2.05) is 0 Å². The number of halogens is 4. The summed E-state index contributed by atoms with van der Waals surface area (Å²) >= 11 is 3.11. The standard InChI is InChI=1S/C13H17BrF3N/c1-3-9(4-2)8-18-12-6-10(13(15,16)17)5-11(14)7-12/h5-7,9,18H,3-4,8H2,1-2H3. The third-order valence-corrected chi connectivity index (χ3v) is 3.43. The molecule has 1 aromatic carbocycles. The first-order valence-corrected chi connectivity index (χ1v) is 6.77. The summed E-state index contributed by atoms with van der Waals surface area (Å²) in [6.45, 7) is 4.86. The van der Waals surface area contributed by atoms with Crippen LogP contribution in [0.4, 0.5) is 18.9 Å². The van der Waals surface area contributed by atoms with E-state index < -0.39 is 11.7 Å². The molecular formula is C13H17BrF3N. The average molecular weight is 324 g/mol.